The van der Waals surface area contributed by atoms with Crippen molar-refractivity contribution in [1.29, 1.82) is 0 Å². The smallest absolute Gasteiger partial charge is 0.356 e. The zero-order chi connectivity index (χ0) is 12.4. The number of rotatable bonds is 2. The summed E-state index contributed by atoms with van der Waals surface area (Å²) in [5.74, 6) is 0.102. The number of esters is 1. The Bertz CT molecular complexity index is 583. The van der Waals surface area contributed by atoms with Crippen LogP contribution in [0, 0.1) is 0 Å². The summed E-state index contributed by atoms with van der Waals surface area (Å²) in [6.45, 7) is 0. The molecule has 0 aliphatic heterocycles. The van der Waals surface area contributed by atoms with Crippen molar-refractivity contribution in [2.45, 2.75) is 0 Å². The zero-order valence-corrected chi connectivity index (χ0v) is 10.1. The van der Waals surface area contributed by atoms with E-state index in [4.69, 9.17) is 16.3 Å². The Morgan fingerprint density at radius 3 is 2.71 bits per heavy atom. The fraction of sp³-hybridized carbons (Fsp3) is 0.167. The predicted molar refractivity (Wildman–Crippen MR) is 64.6 cm³/mol. The lowest BCUT2D eigenvalue weighted by Crippen LogP contribution is -2.03. The summed E-state index contributed by atoms with van der Waals surface area (Å²) in [5.41, 5.74) is 0.875. The van der Waals surface area contributed by atoms with E-state index in [0.717, 1.165) is 5.39 Å². The molecule has 0 saturated heterocycles. The number of aromatic nitrogens is 1. The van der Waals surface area contributed by atoms with Crippen molar-refractivity contribution >= 4 is 28.5 Å². The molecule has 88 valence electrons. The molecule has 0 bridgehead atoms. The fourth-order valence-corrected chi connectivity index (χ4v) is 1.73. The number of hydrogen-bond acceptors (Lipinski definition) is 4. The minimum atomic E-state index is -0.473. The van der Waals surface area contributed by atoms with Crippen LogP contribution in [-0.4, -0.2) is 25.2 Å². The van der Waals surface area contributed by atoms with Crippen molar-refractivity contribution in [3.05, 3.63) is 35.0 Å². The lowest BCUT2D eigenvalue weighted by molar-refractivity contribution is 0.0594. The molecule has 17 heavy (non-hydrogen) atoms. The third kappa shape index (κ3) is 2.17. The lowest BCUT2D eigenvalue weighted by atomic mass is 10.2. The Balaban J connectivity index is 2.59. The number of benzene rings is 1. The average molecular weight is 252 g/mol. The number of ether oxygens (including phenoxy) is 2. The third-order valence-corrected chi connectivity index (χ3v) is 2.65. The maximum Gasteiger partial charge on any atom is 0.356 e. The summed E-state index contributed by atoms with van der Waals surface area (Å²) in [7, 11) is 2.86. The highest BCUT2D eigenvalue weighted by molar-refractivity contribution is 6.32. The first kappa shape index (κ1) is 11.7. The third-order valence-electron chi connectivity index (χ3n) is 2.36. The van der Waals surface area contributed by atoms with E-state index in [1.165, 1.54) is 7.11 Å². The van der Waals surface area contributed by atoms with Crippen LogP contribution < -0.4 is 4.74 Å². The largest absolute Gasteiger partial charge is 0.495 e. The minimum absolute atomic E-state index is 0.251. The molecule has 0 aliphatic rings. The van der Waals surface area contributed by atoms with E-state index in [2.05, 4.69) is 9.72 Å². The normalized spacial score (nSPS) is 10.3. The summed E-state index contributed by atoms with van der Waals surface area (Å²) >= 11 is 5.99. The maximum atomic E-state index is 11.3. The van der Waals surface area contributed by atoms with Crippen LogP contribution in [0.4, 0.5) is 0 Å². The van der Waals surface area contributed by atoms with E-state index >= 15 is 0 Å². The molecule has 1 heterocycles. The molecule has 2 aromatic rings. The first-order chi connectivity index (χ1) is 8.15. The van der Waals surface area contributed by atoms with Crippen LogP contribution >= 0.6 is 11.6 Å². The molecule has 0 unspecified atom stereocenters. The van der Waals surface area contributed by atoms with Gasteiger partial charge in [-0.1, -0.05) is 17.7 Å². The number of pyridine rings is 1. The molecule has 0 spiro atoms. The van der Waals surface area contributed by atoms with Gasteiger partial charge in [0.25, 0.3) is 0 Å². The first-order valence-corrected chi connectivity index (χ1v) is 5.26. The van der Waals surface area contributed by atoms with Gasteiger partial charge in [-0.15, -0.1) is 0 Å². The molecule has 0 N–H and O–H groups in total. The van der Waals surface area contributed by atoms with Crippen LogP contribution in [0.1, 0.15) is 10.5 Å². The van der Waals surface area contributed by atoms with E-state index in [-0.39, 0.29) is 5.69 Å². The molecule has 1 aromatic carbocycles. The molecule has 5 heteroatoms. The number of hydrogen-bond donors (Lipinski definition) is 0. The van der Waals surface area contributed by atoms with Gasteiger partial charge >= 0.3 is 5.97 Å². The van der Waals surface area contributed by atoms with Gasteiger partial charge in [0, 0.05) is 5.39 Å². The predicted octanol–water partition coefficient (Wildman–Crippen LogP) is 2.68. The van der Waals surface area contributed by atoms with Crippen LogP contribution in [0.15, 0.2) is 24.3 Å². The molecule has 2 rings (SSSR count). The standard InChI is InChI=1S/C12H10ClNO3/c1-16-11-5-7-3-4-9(12(15)17-2)14-10(7)6-8(11)13/h3-6H,1-2H3. The summed E-state index contributed by atoms with van der Waals surface area (Å²) in [4.78, 5) is 15.5. The Kier molecular flexibility index (Phi) is 3.15. The van der Waals surface area contributed by atoms with E-state index in [9.17, 15) is 4.79 Å². The topological polar surface area (TPSA) is 48.4 Å². The Morgan fingerprint density at radius 1 is 1.29 bits per heavy atom. The van der Waals surface area contributed by atoms with Crippen molar-refractivity contribution < 1.29 is 14.3 Å². The number of fused-ring (bicyclic) bond motifs is 1. The van der Waals surface area contributed by atoms with Crippen molar-refractivity contribution in [3.63, 3.8) is 0 Å². The second-order valence-corrected chi connectivity index (χ2v) is 3.77. The SMILES string of the molecule is COC(=O)c1ccc2cc(OC)c(Cl)cc2n1. The van der Waals surface area contributed by atoms with Gasteiger partial charge in [0.1, 0.15) is 11.4 Å². The molecule has 0 amide bonds. The molecular formula is C12H10ClNO3. The van der Waals surface area contributed by atoms with Crippen LogP contribution in [0.3, 0.4) is 0 Å². The van der Waals surface area contributed by atoms with Gasteiger partial charge in [-0.3, -0.25) is 0 Å². The highest BCUT2D eigenvalue weighted by Gasteiger charge is 2.09. The second-order valence-electron chi connectivity index (χ2n) is 3.37. The average Bonchev–Trinajstić information content (AvgIpc) is 2.36. The quantitative estimate of drug-likeness (QED) is 0.770. The van der Waals surface area contributed by atoms with Crippen molar-refractivity contribution in [3.8, 4) is 5.75 Å². The van der Waals surface area contributed by atoms with E-state index in [1.807, 2.05) is 0 Å². The van der Waals surface area contributed by atoms with Gasteiger partial charge in [0.15, 0.2) is 0 Å². The zero-order valence-electron chi connectivity index (χ0n) is 9.36. The molecule has 0 fully saturated rings. The second kappa shape index (κ2) is 4.59. The highest BCUT2D eigenvalue weighted by Crippen LogP contribution is 2.29. The van der Waals surface area contributed by atoms with Crippen LogP contribution in [0.2, 0.25) is 5.02 Å². The molecule has 4 nitrogen and oxygen atoms in total. The minimum Gasteiger partial charge on any atom is -0.495 e. The van der Waals surface area contributed by atoms with Gasteiger partial charge in [-0.05, 0) is 18.2 Å². The maximum absolute atomic E-state index is 11.3. The number of carbonyl (C=O) groups excluding carboxylic acids is 1. The summed E-state index contributed by atoms with van der Waals surface area (Å²) in [6.07, 6.45) is 0. The summed E-state index contributed by atoms with van der Waals surface area (Å²) in [6, 6.07) is 6.79. The Morgan fingerprint density at radius 2 is 2.06 bits per heavy atom. The van der Waals surface area contributed by atoms with E-state index in [0.29, 0.717) is 16.3 Å². The van der Waals surface area contributed by atoms with Gasteiger partial charge in [0.2, 0.25) is 0 Å². The molecule has 1 aromatic heterocycles. The lowest BCUT2D eigenvalue weighted by Gasteiger charge is -2.06. The highest BCUT2D eigenvalue weighted by atomic mass is 35.5. The van der Waals surface area contributed by atoms with Crippen molar-refractivity contribution in [1.82, 2.24) is 4.98 Å². The molecule has 0 aliphatic carbocycles. The van der Waals surface area contributed by atoms with Crippen molar-refractivity contribution in [2.75, 3.05) is 14.2 Å². The number of carbonyl (C=O) groups is 1. The summed E-state index contributed by atoms with van der Waals surface area (Å²) in [5, 5.41) is 1.30. The Hall–Kier alpha value is -1.81. The molecular weight excluding hydrogens is 242 g/mol. The number of halogens is 1. The number of nitrogens with zero attached hydrogens (tertiary/aromatic N) is 1. The van der Waals surface area contributed by atoms with Crippen LogP contribution in [0.25, 0.3) is 10.9 Å². The molecule has 0 atom stereocenters. The van der Waals surface area contributed by atoms with Gasteiger partial charge in [-0.25, -0.2) is 9.78 Å². The molecule has 0 radical (unpaired) electrons. The van der Waals surface area contributed by atoms with Gasteiger partial charge in [-0.2, -0.15) is 0 Å². The van der Waals surface area contributed by atoms with Crippen LogP contribution in [-0.2, 0) is 4.74 Å². The Labute approximate surface area is 103 Å². The van der Waals surface area contributed by atoms with E-state index < -0.39 is 5.97 Å². The van der Waals surface area contributed by atoms with Gasteiger partial charge in [0.05, 0.1) is 24.8 Å². The summed E-state index contributed by atoms with van der Waals surface area (Å²) < 4.78 is 9.70. The fourth-order valence-electron chi connectivity index (χ4n) is 1.50. The number of methoxy groups -OCH3 is 2. The monoisotopic (exact) mass is 251 g/mol. The van der Waals surface area contributed by atoms with Gasteiger partial charge < -0.3 is 9.47 Å². The first-order valence-electron chi connectivity index (χ1n) is 4.88. The molecule has 0 saturated carbocycles. The van der Waals surface area contributed by atoms with Crippen molar-refractivity contribution in [2.24, 2.45) is 0 Å². The van der Waals surface area contributed by atoms with Crippen LogP contribution in [0.5, 0.6) is 5.75 Å². The van der Waals surface area contributed by atoms with E-state index in [1.54, 1.807) is 31.4 Å².